The first-order chi connectivity index (χ1) is 8.08. The van der Waals surface area contributed by atoms with Gasteiger partial charge < -0.3 is 10.1 Å². The van der Waals surface area contributed by atoms with E-state index in [2.05, 4.69) is 9.71 Å². The van der Waals surface area contributed by atoms with Crippen LogP contribution in [0.4, 0.5) is 5.69 Å². The first-order valence-electron chi connectivity index (χ1n) is 4.91. The lowest BCUT2D eigenvalue weighted by atomic mass is 10.2. The predicted molar refractivity (Wildman–Crippen MR) is 61.5 cm³/mol. The van der Waals surface area contributed by atoms with Crippen molar-refractivity contribution in [3.63, 3.8) is 0 Å². The first kappa shape index (κ1) is 11.6. The van der Waals surface area contributed by atoms with Gasteiger partial charge in [-0.25, -0.2) is 0 Å². The zero-order valence-corrected chi connectivity index (χ0v) is 9.82. The van der Waals surface area contributed by atoms with Crippen molar-refractivity contribution in [3.8, 4) is 0 Å². The van der Waals surface area contributed by atoms with E-state index in [-0.39, 0.29) is 10.8 Å². The van der Waals surface area contributed by atoms with Crippen LogP contribution in [-0.2, 0) is 19.6 Å². The minimum Gasteiger partial charge on any atom is -0.477 e. The molecule has 0 fully saturated rings. The fourth-order valence-corrected chi connectivity index (χ4v) is 2.70. The van der Waals surface area contributed by atoms with Crippen LogP contribution >= 0.6 is 0 Å². The number of carbonyl (C=O) groups excluding carboxylic acids is 1. The summed E-state index contributed by atoms with van der Waals surface area (Å²) in [6.45, 7) is 2.08. The molecule has 2 rings (SSSR count). The lowest BCUT2D eigenvalue weighted by Gasteiger charge is -2.04. The molecule has 1 aliphatic heterocycles. The van der Waals surface area contributed by atoms with Crippen LogP contribution in [0.1, 0.15) is 12.5 Å². The molecular weight excluding hydrogens is 244 g/mol. The third-order valence-electron chi connectivity index (χ3n) is 2.20. The maximum Gasteiger partial charge on any atom is 0.286 e. The van der Waals surface area contributed by atoms with Gasteiger partial charge in [-0.2, -0.15) is 8.42 Å². The Morgan fingerprint density at radius 1 is 1.47 bits per heavy atom. The Hall–Kier alpha value is -1.89. The van der Waals surface area contributed by atoms with Gasteiger partial charge in [0, 0.05) is 5.69 Å². The number of carbonyl (C=O) groups is 1. The fraction of sp³-hybridized carbons (Fsp3) is 0.200. The van der Waals surface area contributed by atoms with Gasteiger partial charge in [0.1, 0.15) is 4.90 Å². The minimum absolute atomic E-state index is 0.0489. The van der Waals surface area contributed by atoms with Crippen LogP contribution in [0.25, 0.3) is 0 Å². The molecule has 0 radical (unpaired) electrons. The van der Waals surface area contributed by atoms with Crippen LogP contribution in [0.15, 0.2) is 27.5 Å². The van der Waals surface area contributed by atoms with Crippen molar-refractivity contribution in [1.82, 2.24) is 0 Å². The Morgan fingerprint density at radius 3 is 2.88 bits per heavy atom. The number of sulfonamides is 1. The predicted octanol–water partition coefficient (Wildman–Crippen LogP) is 0.740. The van der Waals surface area contributed by atoms with Crippen molar-refractivity contribution in [2.75, 3.05) is 11.9 Å². The van der Waals surface area contributed by atoms with Crippen molar-refractivity contribution >= 4 is 28.0 Å². The highest BCUT2D eigenvalue weighted by Gasteiger charge is 2.30. The molecule has 17 heavy (non-hydrogen) atoms. The lowest BCUT2D eigenvalue weighted by molar-refractivity contribution is -0.105. The number of nitrogens with zero attached hydrogens (tertiary/aromatic N) is 1. The van der Waals surface area contributed by atoms with Gasteiger partial charge in [0.15, 0.2) is 0 Å². The van der Waals surface area contributed by atoms with E-state index in [4.69, 9.17) is 4.74 Å². The molecule has 1 aromatic rings. The summed E-state index contributed by atoms with van der Waals surface area (Å²) < 4.78 is 32.1. The van der Waals surface area contributed by atoms with Crippen LogP contribution in [0, 0.1) is 0 Å². The largest absolute Gasteiger partial charge is 0.477 e. The second-order valence-corrected chi connectivity index (χ2v) is 4.85. The van der Waals surface area contributed by atoms with Crippen LogP contribution in [0.2, 0.25) is 0 Å². The molecule has 7 heteroatoms. The number of benzene rings is 1. The summed E-state index contributed by atoms with van der Waals surface area (Å²) >= 11 is 0. The minimum atomic E-state index is -3.71. The average Bonchev–Trinajstić information content (AvgIpc) is 2.52. The van der Waals surface area contributed by atoms with Gasteiger partial charge in [-0.15, -0.1) is 4.40 Å². The Morgan fingerprint density at radius 2 is 2.24 bits per heavy atom. The quantitative estimate of drug-likeness (QED) is 0.806. The maximum atomic E-state index is 11.7. The van der Waals surface area contributed by atoms with Gasteiger partial charge in [-0.1, -0.05) is 0 Å². The van der Waals surface area contributed by atoms with E-state index in [9.17, 15) is 13.2 Å². The van der Waals surface area contributed by atoms with Crippen LogP contribution in [0.5, 0.6) is 0 Å². The summed E-state index contributed by atoms with van der Waals surface area (Å²) in [6, 6.07) is 4.50. The lowest BCUT2D eigenvalue weighted by Crippen LogP contribution is -2.04. The van der Waals surface area contributed by atoms with Gasteiger partial charge in [0.2, 0.25) is 12.3 Å². The van der Waals surface area contributed by atoms with Gasteiger partial charge in [0.05, 0.1) is 12.2 Å². The maximum absolute atomic E-state index is 11.7. The molecule has 0 aliphatic carbocycles. The van der Waals surface area contributed by atoms with E-state index in [1.807, 2.05) is 0 Å². The molecule has 1 aromatic carbocycles. The Labute approximate surface area is 98.4 Å². The van der Waals surface area contributed by atoms with Gasteiger partial charge in [-0.3, -0.25) is 4.79 Å². The highest BCUT2D eigenvalue weighted by molar-refractivity contribution is 7.90. The zero-order valence-electron chi connectivity index (χ0n) is 9.00. The molecule has 0 aromatic heterocycles. The summed E-state index contributed by atoms with van der Waals surface area (Å²) in [5.74, 6) is 0.0974. The molecule has 1 N–H and O–H groups in total. The molecule has 1 heterocycles. The fourth-order valence-electron chi connectivity index (χ4n) is 1.52. The number of hydrogen-bond donors (Lipinski definition) is 1. The molecule has 90 valence electrons. The normalized spacial score (nSPS) is 15.9. The Balaban J connectivity index is 2.52. The SMILES string of the molecule is CCOC1=NS(=O)(=O)c2cc(NC=O)ccc21. The molecular formula is C10H10N2O4S. The smallest absolute Gasteiger partial charge is 0.286 e. The van der Waals surface area contributed by atoms with Crippen molar-refractivity contribution in [2.24, 2.45) is 4.40 Å². The molecule has 0 saturated heterocycles. The second-order valence-electron chi connectivity index (χ2n) is 3.28. The number of amides is 1. The highest BCUT2D eigenvalue weighted by Crippen LogP contribution is 2.29. The van der Waals surface area contributed by atoms with E-state index in [0.29, 0.717) is 24.3 Å². The molecule has 0 bridgehead atoms. The summed E-state index contributed by atoms with van der Waals surface area (Å²) in [6.07, 6.45) is 0.480. The molecule has 0 spiro atoms. The number of ether oxygens (including phenoxy) is 1. The van der Waals surface area contributed by atoms with Gasteiger partial charge >= 0.3 is 0 Å². The first-order valence-corrected chi connectivity index (χ1v) is 6.35. The van der Waals surface area contributed by atoms with Gasteiger partial charge in [-0.05, 0) is 25.1 Å². The van der Waals surface area contributed by atoms with Crippen molar-refractivity contribution in [3.05, 3.63) is 23.8 Å². The monoisotopic (exact) mass is 254 g/mol. The molecule has 1 amide bonds. The summed E-state index contributed by atoms with van der Waals surface area (Å²) in [7, 11) is -3.71. The van der Waals surface area contributed by atoms with Crippen molar-refractivity contribution in [1.29, 1.82) is 0 Å². The number of nitrogens with one attached hydrogen (secondary N) is 1. The highest BCUT2D eigenvalue weighted by atomic mass is 32.2. The topological polar surface area (TPSA) is 84.8 Å². The number of anilines is 1. The average molecular weight is 254 g/mol. The van der Waals surface area contributed by atoms with E-state index in [1.165, 1.54) is 6.07 Å². The second kappa shape index (κ2) is 4.17. The van der Waals surface area contributed by atoms with E-state index in [1.54, 1.807) is 19.1 Å². The number of hydrogen-bond acceptors (Lipinski definition) is 4. The van der Waals surface area contributed by atoms with Crippen LogP contribution < -0.4 is 5.32 Å². The number of rotatable bonds is 3. The molecule has 1 aliphatic rings. The summed E-state index contributed by atoms with van der Waals surface area (Å²) in [5.41, 5.74) is 0.818. The number of fused-ring (bicyclic) bond motifs is 1. The van der Waals surface area contributed by atoms with Crippen molar-refractivity contribution in [2.45, 2.75) is 11.8 Å². The van der Waals surface area contributed by atoms with Crippen LogP contribution in [-0.4, -0.2) is 27.3 Å². The van der Waals surface area contributed by atoms with E-state index >= 15 is 0 Å². The van der Waals surface area contributed by atoms with Crippen molar-refractivity contribution < 1.29 is 17.9 Å². The standard InChI is InChI=1S/C10H10N2O4S/c1-2-16-10-8-4-3-7(11-6-13)5-9(8)17(14,15)12-10/h3-6H,2H2,1H3,(H,11,13). The molecule has 0 saturated carbocycles. The summed E-state index contributed by atoms with van der Waals surface area (Å²) in [5, 5.41) is 2.39. The third-order valence-corrected chi connectivity index (χ3v) is 3.50. The zero-order chi connectivity index (χ0) is 12.5. The van der Waals surface area contributed by atoms with Gasteiger partial charge in [0.25, 0.3) is 10.0 Å². The Kier molecular flexibility index (Phi) is 2.84. The van der Waals surface area contributed by atoms with E-state index in [0.717, 1.165) is 0 Å². The van der Waals surface area contributed by atoms with E-state index < -0.39 is 10.0 Å². The summed E-state index contributed by atoms with van der Waals surface area (Å²) in [4.78, 5) is 10.3. The Bertz CT molecular complexity index is 592. The molecule has 6 nitrogen and oxygen atoms in total. The third kappa shape index (κ3) is 2.01. The molecule has 0 atom stereocenters. The molecule has 0 unspecified atom stereocenters. The van der Waals surface area contributed by atoms with Crippen LogP contribution in [0.3, 0.4) is 0 Å².